The van der Waals surface area contributed by atoms with Gasteiger partial charge in [0, 0.05) is 12.8 Å². The second-order valence-corrected chi connectivity index (χ2v) is 20.9. The summed E-state index contributed by atoms with van der Waals surface area (Å²) in [6.45, 7) is 6.84. The van der Waals surface area contributed by atoms with Crippen LogP contribution >= 0.6 is 7.82 Å². The molecule has 3 atom stereocenters. The van der Waals surface area contributed by atoms with E-state index in [1.165, 1.54) is 96.3 Å². The van der Waals surface area contributed by atoms with E-state index in [0.29, 0.717) is 23.9 Å². The number of allylic oxidation sites excluding steroid dienone is 9. The fourth-order valence-electron chi connectivity index (χ4n) is 7.52. The summed E-state index contributed by atoms with van der Waals surface area (Å²) >= 11 is 0. The zero-order chi connectivity index (χ0) is 48.7. The topological polar surface area (TPSA) is 111 Å². The number of nitrogens with zero attached hydrogens (tertiary/aromatic N) is 1. The van der Waals surface area contributed by atoms with Crippen molar-refractivity contribution in [3.8, 4) is 0 Å². The number of carbonyl (C=O) groups is 2. The van der Waals surface area contributed by atoms with Crippen molar-refractivity contribution in [2.24, 2.45) is 0 Å². The minimum atomic E-state index is -4.45. The van der Waals surface area contributed by atoms with Gasteiger partial charge in [0.2, 0.25) is 5.91 Å². The van der Waals surface area contributed by atoms with Crippen LogP contribution < -0.4 is 5.32 Å². The summed E-state index contributed by atoms with van der Waals surface area (Å²) < 4.78 is 30.5. The van der Waals surface area contributed by atoms with E-state index in [-0.39, 0.29) is 31.5 Å². The van der Waals surface area contributed by atoms with Crippen molar-refractivity contribution in [1.29, 1.82) is 0 Å². The molecule has 0 aromatic heterocycles. The third-order valence-corrected chi connectivity index (χ3v) is 12.7. The van der Waals surface area contributed by atoms with Crippen molar-refractivity contribution >= 4 is 19.7 Å². The first-order valence-electron chi connectivity index (χ1n) is 27.1. The standard InChI is InChI=1S/C56H103N2O7P/c1-7-10-13-16-19-22-25-27-28-29-31-33-36-39-42-45-48-55(59)57-53(52-64-66(61,62)63-51-50-58(4,5)6)54(47-44-41-38-35-32-24-21-18-15-12-9-3)65-56(60)49-46-43-40-37-34-30-26-23-20-17-14-11-8-2/h11,14,17,20,23,26,28-29,44,47,53-54H,7-10,12-13,15-16,18-19,21-22,24-25,27,30-43,45-46,48-52H2,1-6H3,(H-,57,59,61,62)/p+1/b14-11+,20-17+,26-23-,29-28+,47-44+. The van der Waals surface area contributed by atoms with E-state index >= 15 is 0 Å². The average molecular weight is 948 g/mol. The number of hydrogen-bond donors (Lipinski definition) is 2. The molecule has 0 fully saturated rings. The number of hydrogen-bond acceptors (Lipinski definition) is 6. The Balaban J connectivity index is 5.40. The molecule has 3 unspecified atom stereocenters. The predicted octanol–water partition coefficient (Wildman–Crippen LogP) is 15.9. The Morgan fingerprint density at radius 3 is 1.48 bits per heavy atom. The van der Waals surface area contributed by atoms with Gasteiger partial charge in [-0.15, -0.1) is 0 Å². The molecule has 0 aliphatic rings. The number of phosphoric acid groups is 1. The van der Waals surface area contributed by atoms with Gasteiger partial charge in [0.25, 0.3) is 0 Å². The van der Waals surface area contributed by atoms with Crippen molar-refractivity contribution in [2.75, 3.05) is 40.9 Å². The van der Waals surface area contributed by atoms with Crippen molar-refractivity contribution in [1.82, 2.24) is 5.32 Å². The fraction of sp³-hybridized carbons (Fsp3) is 0.786. The third kappa shape index (κ3) is 46.8. The van der Waals surface area contributed by atoms with Crippen LogP contribution in [0.2, 0.25) is 0 Å². The number of quaternary nitrogens is 1. The number of likely N-dealkylation sites (N-methyl/N-ethyl adjacent to an activating group) is 1. The highest BCUT2D eigenvalue weighted by Crippen LogP contribution is 2.43. The molecule has 0 aromatic carbocycles. The van der Waals surface area contributed by atoms with Gasteiger partial charge in [-0.25, -0.2) is 4.57 Å². The third-order valence-electron chi connectivity index (χ3n) is 11.8. The molecule has 0 aliphatic carbocycles. The molecule has 0 heterocycles. The molecule has 0 bridgehead atoms. The van der Waals surface area contributed by atoms with Gasteiger partial charge in [-0.1, -0.05) is 204 Å². The fourth-order valence-corrected chi connectivity index (χ4v) is 8.26. The Morgan fingerprint density at radius 2 is 0.985 bits per heavy atom. The summed E-state index contributed by atoms with van der Waals surface area (Å²) in [5, 5.41) is 3.03. The van der Waals surface area contributed by atoms with Gasteiger partial charge < -0.3 is 19.4 Å². The van der Waals surface area contributed by atoms with Gasteiger partial charge in [-0.05, 0) is 76.7 Å². The van der Waals surface area contributed by atoms with E-state index in [2.05, 4.69) is 74.7 Å². The normalized spacial score (nSPS) is 14.3. The lowest BCUT2D eigenvalue weighted by Gasteiger charge is -2.27. The van der Waals surface area contributed by atoms with Gasteiger partial charge in [-0.2, -0.15) is 0 Å². The molecule has 384 valence electrons. The summed E-state index contributed by atoms with van der Waals surface area (Å²) in [4.78, 5) is 37.4. The van der Waals surface area contributed by atoms with Gasteiger partial charge in [0.05, 0.1) is 33.8 Å². The maximum absolute atomic E-state index is 13.5. The Bertz CT molecular complexity index is 1320. The van der Waals surface area contributed by atoms with E-state index in [1.807, 2.05) is 33.3 Å². The first-order valence-corrected chi connectivity index (χ1v) is 28.6. The number of unbranched alkanes of at least 4 members (excludes halogenated alkanes) is 26. The summed E-state index contributed by atoms with van der Waals surface area (Å²) in [6, 6.07) is -0.860. The molecule has 0 spiro atoms. The highest BCUT2D eigenvalue weighted by Gasteiger charge is 2.30. The van der Waals surface area contributed by atoms with Crippen LogP contribution in [0.25, 0.3) is 0 Å². The van der Waals surface area contributed by atoms with Gasteiger partial charge in [-0.3, -0.25) is 18.6 Å². The van der Waals surface area contributed by atoms with Crippen LogP contribution in [-0.4, -0.2) is 74.3 Å². The molecule has 66 heavy (non-hydrogen) atoms. The van der Waals surface area contributed by atoms with Gasteiger partial charge in [0.15, 0.2) is 0 Å². The molecule has 10 heteroatoms. The maximum Gasteiger partial charge on any atom is 0.472 e. The first-order chi connectivity index (χ1) is 31.9. The molecule has 0 saturated carbocycles. The molecule has 9 nitrogen and oxygen atoms in total. The van der Waals surface area contributed by atoms with E-state index in [1.54, 1.807) is 0 Å². The minimum Gasteiger partial charge on any atom is -0.456 e. The van der Waals surface area contributed by atoms with Gasteiger partial charge in [0.1, 0.15) is 19.3 Å². The Kier molecular flexibility index (Phi) is 44.8. The molecule has 0 aromatic rings. The van der Waals surface area contributed by atoms with E-state index < -0.39 is 20.0 Å². The molecule has 2 N–H and O–H groups in total. The highest BCUT2D eigenvalue weighted by molar-refractivity contribution is 7.47. The lowest BCUT2D eigenvalue weighted by atomic mass is 10.1. The predicted molar refractivity (Wildman–Crippen MR) is 282 cm³/mol. The summed E-state index contributed by atoms with van der Waals surface area (Å²) in [5.41, 5.74) is 0. The molecule has 0 rings (SSSR count). The lowest BCUT2D eigenvalue weighted by molar-refractivity contribution is -0.870. The molecule has 0 aliphatic heterocycles. The largest absolute Gasteiger partial charge is 0.472 e. The highest BCUT2D eigenvalue weighted by atomic mass is 31.2. The lowest BCUT2D eigenvalue weighted by Crippen LogP contribution is -2.47. The first kappa shape index (κ1) is 63.7. The van der Waals surface area contributed by atoms with Crippen LogP contribution in [0, 0.1) is 0 Å². The summed E-state index contributed by atoms with van der Waals surface area (Å²) in [7, 11) is 1.47. The molecule has 1 amide bonds. The number of nitrogens with one attached hydrogen (secondary N) is 1. The Morgan fingerprint density at radius 1 is 0.545 bits per heavy atom. The second kappa shape index (κ2) is 46.4. The average Bonchev–Trinajstić information content (AvgIpc) is 3.27. The molecular formula is C56H104N2O7P+. The molecular weight excluding hydrogens is 844 g/mol. The van der Waals surface area contributed by atoms with Crippen LogP contribution in [0.1, 0.15) is 233 Å². The van der Waals surface area contributed by atoms with Crippen molar-refractivity contribution < 1.29 is 37.3 Å². The van der Waals surface area contributed by atoms with E-state index in [0.717, 1.165) is 96.3 Å². The smallest absolute Gasteiger partial charge is 0.456 e. The monoisotopic (exact) mass is 948 g/mol. The van der Waals surface area contributed by atoms with Crippen LogP contribution in [0.15, 0.2) is 60.8 Å². The Labute approximate surface area is 407 Å². The van der Waals surface area contributed by atoms with Crippen molar-refractivity contribution in [3.05, 3.63) is 60.8 Å². The summed E-state index contributed by atoms with van der Waals surface area (Å²) in [5.74, 6) is -0.541. The van der Waals surface area contributed by atoms with Crippen LogP contribution in [0.3, 0.4) is 0 Å². The van der Waals surface area contributed by atoms with Crippen LogP contribution in [0.4, 0.5) is 0 Å². The number of rotatable bonds is 48. The quantitative estimate of drug-likeness (QED) is 0.0156. The summed E-state index contributed by atoms with van der Waals surface area (Å²) in [6.07, 6.45) is 56.4. The van der Waals surface area contributed by atoms with Crippen LogP contribution in [0.5, 0.6) is 0 Å². The second-order valence-electron chi connectivity index (χ2n) is 19.4. The maximum atomic E-state index is 13.5. The molecule has 0 radical (unpaired) electrons. The molecule has 0 saturated heterocycles. The number of esters is 1. The number of amides is 1. The zero-order valence-electron chi connectivity index (χ0n) is 43.7. The number of carbonyl (C=O) groups excluding carboxylic acids is 2. The van der Waals surface area contributed by atoms with Gasteiger partial charge >= 0.3 is 13.8 Å². The van der Waals surface area contributed by atoms with Crippen molar-refractivity contribution in [2.45, 2.75) is 245 Å². The zero-order valence-corrected chi connectivity index (χ0v) is 44.6. The van der Waals surface area contributed by atoms with Crippen LogP contribution in [-0.2, 0) is 27.9 Å². The Hall–Kier alpha value is -2.29. The van der Waals surface area contributed by atoms with Crippen molar-refractivity contribution in [3.63, 3.8) is 0 Å². The van der Waals surface area contributed by atoms with E-state index in [4.69, 9.17) is 13.8 Å². The van der Waals surface area contributed by atoms with E-state index in [9.17, 15) is 19.0 Å². The SMILES string of the molecule is CC/C=C/C=C/C=C\CCCCCCCC(=O)OC(/C=C/CCCCCCCCCCC)C(COP(=O)(O)OCC[N+](C)(C)C)NC(=O)CCCCCCC/C=C/CCCCCCCCC. The number of phosphoric ester groups is 1. The minimum absolute atomic E-state index is 0.0336. The number of ether oxygens (including phenoxy) is 1.